The van der Waals surface area contributed by atoms with Crippen molar-refractivity contribution in [2.45, 2.75) is 18.5 Å². The Morgan fingerprint density at radius 2 is 1.65 bits per heavy atom. The molecule has 0 aliphatic rings. The molecular weight excluding hydrogens is 250 g/mol. The fraction of sp³-hybridized carbons (Fsp3) is 0.400. The topological polar surface area (TPSA) is 20.2 Å². The highest BCUT2D eigenvalue weighted by molar-refractivity contribution is 5.30. The van der Waals surface area contributed by atoms with Crippen LogP contribution < -0.4 is 0 Å². The maximum atomic E-state index is 13.2. The van der Waals surface area contributed by atoms with Gasteiger partial charge in [-0.3, -0.25) is 0 Å². The second kappa shape index (κ2) is 4.56. The van der Waals surface area contributed by atoms with Gasteiger partial charge in [0.25, 0.3) is 5.92 Å². The molecule has 0 aliphatic carbocycles. The third-order valence-corrected chi connectivity index (χ3v) is 2.11. The van der Waals surface area contributed by atoms with Crippen LogP contribution in [0.4, 0.5) is 26.3 Å². The molecule has 1 nitrogen and oxygen atoms in total. The lowest BCUT2D eigenvalue weighted by Crippen LogP contribution is -2.19. The second-order valence-electron chi connectivity index (χ2n) is 3.37. The molecule has 0 unspecified atom stereocenters. The first-order valence-corrected chi connectivity index (χ1v) is 4.54. The number of benzene rings is 1. The van der Waals surface area contributed by atoms with Crippen LogP contribution in [-0.4, -0.2) is 11.7 Å². The first kappa shape index (κ1) is 13.8. The van der Waals surface area contributed by atoms with Crippen molar-refractivity contribution in [1.29, 1.82) is 0 Å². The average Bonchev–Trinajstić information content (AvgIpc) is 2.15. The summed E-state index contributed by atoms with van der Waals surface area (Å²) in [4.78, 5) is 0. The normalized spacial score (nSPS) is 12.9. The van der Waals surface area contributed by atoms with Gasteiger partial charge in [0.1, 0.15) is 5.82 Å². The summed E-state index contributed by atoms with van der Waals surface area (Å²) in [6.45, 7) is -0.956. The molecule has 1 rings (SSSR count). The van der Waals surface area contributed by atoms with Gasteiger partial charge in [0.2, 0.25) is 0 Å². The van der Waals surface area contributed by atoms with E-state index >= 15 is 0 Å². The Kier molecular flexibility index (Phi) is 3.71. The fourth-order valence-corrected chi connectivity index (χ4v) is 1.26. The van der Waals surface area contributed by atoms with Gasteiger partial charge in [0.15, 0.2) is 0 Å². The van der Waals surface area contributed by atoms with Crippen molar-refractivity contribution in [1.82, 2.24) is 0 Å². The predicted molar refractivity (Wildman–Crippen MR) is 47.0 cm³/mol. The molecule has 0 spiro atoms. The van der Waals surface area contributed by atoms with Gasteiger partial charge in [0.05, 0.1) is 11.1 Å². The largest absolute Gasteiger partial charge is 0.416 e. The van der Waals surface area contributed by atoms with Gasteiger partial charge in [-0.2, -0.15) is 13.2 Å². The Labute approximate surface area is 92.7 Å². The minimum atomic E-state index is -4.82. The molecule has 0 amide bonds. The zero-order chi connectivity index (χ0) is 13.3. The van der Waals surface area contributed by atoms with Crippen LogP contribution in [0.25, 0.3) is 0 Å². The quantitative estimate of drug-likeness (QED) is 0.824. The van der Waals surface area contributed by atoms with Crippen LogP contribution in [0.1, 0.15) is 17.5 Å². The average molecular weight is 258 g/mol. The molecule has 96 valence electrons. The molecule has 0 saturated carbocycles. The highest BCUT2D eigenvalue weighted by atomic mass is 19.4. The second-order valence-corrected chi connectivity index (χ2v) is 3.37. The Hall–Kier alpha value is -1.24. The van der Waals surface area contributed by atoms with Crippen LogP contribution in [-0.2, 0) is 12.1 Å². The van der Waals surface area contributed by atoms with Gasteiger partial charge in [-0.15, -0.1) is 0 Å². The molecule has 0 bridgehead atoms. The zero-order valence-electron chi connectivity index (χ0n) is 8.36. The third kappa shape index (κ3) is 3.12. The Balaban J connectivity index is 3.24. The Morgan fingerprint density at radius 3 is 2.12 bits per heavy atom. The van der Waals surface area contributed by atoms with E-state index in [0.717, 1.165) is 0 Å². The van der Waals surface area contributed by atoms with Crippen LogP contribution in [0, 0.1) is 5.82 Å². The van der Waals surface area contributed by atoms with E-state index < -0.39 is 42.1 Å². The molecule has 17 heavy (non-hydrogen) atoms. The molecule has 0 saturated heterocycles. The zero-order valence-corrected chi connectivity index (χ0v) is 8.36. The minimum absolute atomic E-state index is 0.0605. The fourth-order valence-electron chi connectivity index (χ4n) is 1.26. The smallest absolute Gasteiger partial charge is 0.396 e. The predicted octanol–water partition coefficient (Wildman–Crippen LogP) is 3.32. The van der Waals surface area contributed by atoms with Gasteiger partial charge >= 0.3 is 6.18 Å². The summed E-state index contributed by atoms with van der Waals surface area (Å²) in [5.41, 5.74) is -2.71. The van der Waals surface area contributed by atoms with Gasteiger partial charge in [-0.05, 0) is 18.2 Å². The lowest BCUT2D eigenvalue weighted by Gasteiger charge is -2.17. The number of hydrogen-bond donors (Lipinski definition) is 1. The Bertz CT molecular complexity index is 398. The molecule has 0 atom stereocenters. The molecule has 0 fully saturated rings. The minimum Gasteiger partial charge on any atom is -0.396 e. The molecule has 0 aliphatic heterocycles. The molecule has 1 N–H and O–H groups in total. The summed E-state index contributed by atoms with van der Waals surface area (Å²) in [5.74, 6) is -5.27. The van der Waals surface area contributed by atoms with E-state index in [9.17, 15) is 26.3 Å². The van der Waals surface area contributed by atoms with Crippen LogP contribution >= 0.6 is 0 Å². The standard InChI is InChI=1S/C10H8F6O/c11-8-2-1-6(10(14,15)16)5-7(8)9(12,13)3-4-17/h1-2,5,17H,3-4H2. The van der Waals surface area contributed by atoms with Crippen molar-refractivity contribution in [3.05, 3.63) is 35.1 Å². The van der Waals surface area contributed by atoms with E-state index in [0.29, 0.717) is 12.1 Å². The maximum Gasteiger partial charge on any atom is 0.416 e. The van der Waals surface area contributed by atoms with Crippen LogP contribution in [0.3, 0.4) is 0 Å². The first-order valence-electron chi connectivity index (χ1n) is 4.54. The molecular formula is C10H8F6O. The van der Waals surface area contributed by atoms with E-state index in [2.05, 4.69) is 0 Å². The van der Waals surface area contributed by atoms with Crippen molar-refractivity contribution in [2.75, 3.05) is 6.61 Å². The number of aliphatic hydroxyl groups is 1. The van der Waals surface area contributed by atoms with E-state index in [1.807, 2.05) is 0 Å². The number of aliphatic hydroxyl groups excluding tert-OH is 1. The van der Waals surface area contributed by atoms with Gasteiger partial charge < -0.3 is 5.11 Å². The lowest BCUT2D eigenvalue weighted by molar-refractivity contribution is -0.137. The SMILES string of the molecule is OCCC(F)(F)c1cc(C(F)(F)F)ccc1F. The van der Waals surface area contributed by atoms with Gasteiger partial charge in [-0.25, -0.2) is 13.2 Å². The molecule has 0 aromatic heterocycles. The van der Waals surface area contributed by atoms with Crippen molar-refractivity contribution >= 4 is 0 Å². The number of alkyl halides is 5. The summed E-state index contributed by atoms with van der Waals surface area (Å²) >= 11 is 0. The van der Waals surface area contributed by atoms with Crippen LogP contribution in [0.15, 0.2) is 18.2 Å². The summed E-state index contributed by atoms with van der Waals surface area (Å²) in [6.07, 6.45) is -5.96. The maximum absolute atomic E-state index is 13.2. The van der Waals surface area contributed by atoms with Crippen molar-refractivity contribution in [3.63, 3.8) is 0 Å². The number of rotatable bonds is 3. The van der Waals surface area contributed by atoms with Gasteiger partial charge in [0, 0.05) is 13.0 Å². The van der Waals surface area contributed by atoms with Gasteiger partial charge in [-0.1, -0.05) is 0 Å². The first-order chi connectivity index (χ1) is 7.68. The summed E-state index contributed by atoms with van der Waals surface area (Å²) in [5, 5.41) is 8.36. The van der Waals surface area contributed by atoms with E-state index in [1.165, 1.54) is 0 Å². The molecule has 0 heterocycles. The van der Waals surface area contributed by atoms with Crippen LogP contribution in [0.2, 0.25) is 0 Å². The molecule has 0 radical (unpaired) electrons. The highest BCUT2D eigenvalue weighted by Gasteiger charge is 2.38. The highest BCUT2D eigenvalue weighted by Crippen LogP contribution is 2.37. The van der Waals surface area contributed by atoms with E-state index in [1.54, 1.807) is 0 Å². The van der Waals surface area contributed by atoms with Crippen molar-refractivity contribution < 1.29 is 31.4 Å². The molecule has 7 heteroatoms. The number of halogens is 6. The lowest BCUT2D eigenvalue weighted by atomic mass is 10.0. The van der Waals surface area contributed by atoms with E-state index in [4.69, 9.17) is 5.11 Å². The summed E-state index contributed by atoms with van der Waals surface area (Å²) in [7, 11) is 0. The third-order valence-electron chi connectivity index (χ3n) is 2.11. The molecule has 1 aromatic rings. The van der Waals surface area contributed by atoms with Crippen molar-refractivity contribution in [2.24, 2.45) is 0 Å². The van der Waals surface area contributed by atoms with Crippen LogP contribution in [0.5, 0.6) is 0 Å². The number of hydrogen-bond acceptors (Lipinski definition) is 1. The molecule has 1 aromatic carbocycles. The van der Waals surface area contributed by atoms with E-state index in [-0.39, 0.29) is 6.07 Å². The Morgan fingerprint density at radius 1 is 1.06 bits per heavy atom. The monoisotopic (exact) mass is 258 g/mol. The summed E-state index contributed by atoms with van der Waals surface area (Å²) in [6, 6.07) is 0.780. The summed E-state index contributed by atoms with van der Waals surface area (Å²) < 4.78 is 76.3. The van der Waals surface area contributed by atoms with Crippen molar-refractivity contribution in [3.8, 4) is 0 Å².